The Morgan fingerprint density at radius 3 is 2.55 bits per heavy atom. The number of anilines is 1. The molecule has 0 bridgehead atoms. The van der Waals surface area contributed by atoms with Crippen LogP contribution in [0.3, 0.4) is 0 Å². The van der Waals surface area contributed by atoms with Gasteiger partial charge < -0.3 is 14.6 Å². The number of hydrogen-bond acceptors (Lipinski definition) is 5. The lowest BCUT2D eigenvalue weighted by molar-refractivity contribution is -0.121. The quantitative estimate of drug-likeness (QED) is 0.521. The number of amides is 1. The van der Waals surface area contributed by atoms with E-state index in [2.05, 4.69) is 10.3 Å². The van der Waals surface area contributed by atoms with E-state index in [1.165, 1.54) is 11.4 Å². The highest BCUT2D eigenvalue weighted by molar-refractivity contribution is 7.92. The van der Waals surface area contributed by atoms with Gasteiger partial charge in [0, 0.05) is 37.6 Å². The summed E-state index contributed by atoms with van der Waals surface area (Å²) in [6.07, 6.45) is 7.05. The molecule has 3 rings (SSSR count). The molecule has 0 aliphatic rings. The number of carbonyl (C=O) groups excluding carboxylic acids is 1. The molecule has 164 valence electrons. The van der Waals surface area contributed by atoms with Gasteiger partial charge in [-0.15, -0.1) is 0 Å². The molecule has 0 saturated carbocycles. The molecule has 1 heterocycles. The maximum atomic E-state index is 12.3. The zero-order valence-electron chi connectivity index (χ0n) is 17.6. The highest BCUT2D eigenvalue weighted by Crippen LogP contribution is 2.29. The van der Waals surface area contributed by atoms with E-state index in [1.807, 2.05) is 35.0 Å². The van der Waals surface area contributed by atoms with Crippen molar-refractivity contribution in [3.63, 3.8) is 0 Å². The molecule has 0 saturated heterocycles. The predicted octanol–water partition coefficient (Wildman–Crippen LogP) is 2.74. The van der Waals surface area contributed by atoms with Gasteiger partial charge in [-0.25, -0.2) is 13.4 Å². The molecule has 1 N–H and O–H groups in total. The molecule has 31 heavy (non-hydrogen) atoms. The molecule has 0 atom stereocenters. The van der Waals surface area contributed by atoms with Crippen LogP contribution in [0.2, 0.25) is 0 Å². The lowest BCUT2D eigenvalue weighted by Crippen LogP contribution is -2.32. The minimum absolute atomic E-state index is 0.132. The summed E-state index contributed by atoms with van der Waals surface area (Å²) < 4.78 is 33.0. The minimum Gasteiger partial charge on any atom is -0.495 e. The van der Waals surface area contributed by atoms with E-state index in [0.29, 0.717) is 24.4 Å². The number of hydrogen-bond donors (Lipinski definition) is 1. The first-order valence-corrected chi connectivity index (χ1v) is 11.7. The molecule has 0 unspecified atom stereocenters. The van der Waals surface area contributed by atoms with Gasteiger partial charge in [0.1, 0.15) is 5.75 Å². The van der Waals surface area contributed by atoms with E-state index in [-0.39, 0.29) is 18.9 Å². The van der Waals surface area contributed by atoms with Crippen LogP contribution in [-0.2, 0) is 21.4 Å². The van der Waals surface area contributed by atoms with Crippen molar-refractivity contribution in [2.45, 2.75) is 19.4 Å². The van der Waals surface area contributed by atoms with Gasteiger partial charge in [-0.1, -0.05) is 24.3 Å². The summed E-state index contributed by atoms with van der Waals surface area (Å²) in [6.45, 7) is 0.595. The van der Waals surface area contributed by atoms with E-state index in [1.54, 1.807) is 36.8 Å². The van der Waals surface area contributed by atoms with Crippen LogP contribution >= 0.6 is 0 Å². The fourth-order valence-electron chi connectivity index (χ4n) is 3.17. The molecule has 8 nitrogen and oxygen atoms in total. The highest BCUT2D eigenvalue weighted by Gasteiger charge is 2.20. The van der Waals surface area contributed by atoms with Crippen molar-refractivity contribution in [3.05, 3.63) is 72.8 Å². The summed E-state index contributed by atoms with van der Waals surface area (Å²) in [6, 6.07) is 14.7. The standard InChI is InChI=1S/C22H26N4O4S/c1-30-21-7-4-3-6-20(21)26(31(2,28)29)14-5-8-22(27)24-16-18-9-11-19(12-10-18)25-15-13-23-17-25/h3-4,6-7,9-13,15,17H,5,8,14,16H2,1-2H3,(H,24,27). The first-order valence-electron chi connectivity index (χ1n) is 9.83. The largest absolute Gasteiger partial charge is 0.495 e. The van der Waals surface area contributed by atoms with Crippen LogP contribution in [0.15, 0.2) is 67.3 Å². The van der Waals surface area contributed by atoms with Crippen molar-refractivity contribution >= 4 is 21.6 Å². The third-order valence-electron chi connectivity index (χ3n) is 4.75. The van der Waals surface area contributed by atoms with Gasteiger partial charge in [0.25, 0.3) is 0 Å². The summed E-state index contributed by atoms with van der Waals surface area (Å²) in [4.78, 5) is 16.3. The number of ether oxygens (including phenoxy) is 1. The second-order valence-electron chi connectivity index (χ2n) is 7.02. The summed E-state index contributed by atoms with van der Waals surface area (Å²) in [5, 5.41) is 2.88. The molecule has 0 spiro atoms. The highest BCUT2D eigenvalue weighted by atomic mass is 32.2. The van der Waals surface area contributed by atoms with E-state index < -0.39 is 10.0 Å². The van der Waals surface area contributed by atoms with Crippen molar-refractivity contribution in [2.75, 3.05) is 24.2 Å². The van der Waals surface area contributed by atoms with Crippen LogP contribution in [0.1, 0.15) is 18.4 Å². The van der Waals surface area contributed by atoms with Crippen molar-refractivity contribution in [3.8, 4) is 11.4 Å². The number of sulfonamides is 1. The number of nitrogens with one attached hydrogen (secondary N) is 1. The van der Waals surface area contributed by atoms with Crippen LogP contribution in [0.4, 0.5) is 5.69 Å². The van der Waals surface area contributed by atoms with Crippen molar-refractivity contribution in [2.24, 2.45) is 0 Å². The summed E-state index contributed by atoms with van der Waals surface area (Å²) in [7, 11) is -2.02. The number of benzene rings is 2. The van der Waals surface area contributed by atoms with Gasteiger partial charge in [0.15, 0.2) is 0 Å². The lowest BCUT2D eigenvalue weighted by Gasteiger charge is -2.24. The van der Waals surface area contributed by atoms with Gasteiger partial charge in [0.05, 0.1) is 25.4 Å². The normalized spacial score (nSPS) is 11.2. The Morgan fingerprint density at radius 1 is 1.16 bits per heavy atom. The predicted molar refractivity (Wildman–Crippen MR) is 120 cm³/mol. The summed E-state index contributed by atoms with van der Waals surface area (Å²) in [5.41, 5.74) is 2.43. The number of nitrogens with zero attached hydrogens (tertiary/aromatic N) is 3. The second kappa shape index (κ2) is 10.1. The SMILES string of the molecule is COc1ccccc1N(CCCC(=O)NCc1ccc(-n2ccnc2)cc1)S(C)(=O)=O. The van der Waals surface area contributed by atoms with Gasteiger partial charge in [0.2, 0.25) is 15.9 Å². The second-order valence-corrected chi connectivity index (χ2v) is 8.93. The molecular weight excluding hydrogens is 416 g/mol. The number of carbonyl (C=O) groups is 1. The first kappa shape index (κ1) is 22.4. The Balaban J connectivity index is 1.51. The molecule has 0 aliphatic carbocycles. The average molecular weight is 443 g/mol. The number of imidazole rings is 1. The zero-order chi connectivity index (χ0) is 22.3. The van der Waals surface area contributed by atoms with Crippen molar-refractivity contribution < 1.29 is 17.9 Å². The summed E-state index contributed by atoms with van der Waals surface area (Å²) >= 11 is 0. The van der Waals surface area contributed by atoms with Crippen LogP contribution < -0.4 is 14.4 Å². The molecular formula is C22H26N4O4S. The Kier molecular flexibility index (Phi) is 7.30. The van der Waals surface area contributed by atoms with Gasteiger partial charge in [-0.3, -0.25) is 9.10 Å². The number of rotatable bonds is 10. The van der Waals surface area contributed by atoms with E-state index >= 15 is 0 Å². The van der Waals surface area contributed by atoms with Crippen LogP contribution in [0.5, 0.6) is 5.75 Å². The third kappa shape index (κ3) is 6.08. The molecule has 0 aliphatic heterocycles. The Hall–Kier alpha value is -3.33. The number of aromatic nitrogens is 2. The Morgan fingerprint density at radius 2 is 1.90 bits per heavy atom. The van der Waals surface area contributed by atoms with Crippen LogP contribution in [0.25, 0.3) is 5.69 Å². The van der Waals surface area contributed by atoms with Crippen LogP contribution in [-0.4, -0.2) is 43.8 Å². The molecule has 2 aromatic carbocycles. The minimum atomic E-state index is -3.51. The topological polar surface area (TPSA) is 93.5 Å². The fourth-order valence-corrected chi connectivity index (χ4v) is 4.14. The van der Waals surface area contributed by atoms with E-state index in [4.69, 9.17) is 4.74 Å². The maximum absolute atomic E-state index is 12.3. The molecule has 9 heteroatoms. The van der Waals surface area contributed by atoms with Crippen molar-refractivity contribution in [1.82, 2.24) is 14.9 Å². The molecule has 0 fully saturated rings. The Bertz CT molecular complexity index is 1100. The molecule has 3 aromatic rings. The lowest BCUT2D eigenvalue weighted by atomic mass is 10.2. The van der Waals surface area contributed by atoms with E-state index in [9.17, 15) is 13.2 Å². The molecule has 1 aromatic heterocycles. The van der Waals surface area contributed by atoms with Crippen molar-refractivity contribution in [1.29, 1.82) is 0 Å². The fraction of sp³-hybridized carbons (Fsp3) is 0.273. The van der Waals surface area contributed by atoms with Gasteiger partial charge >= 0.3 is 0 Å². The van der Waals surface area contributed by atoms with Gasteiger partial charge in [-0.2, -0.15) is 0 Å². The van der Waals surface area contributed by atoms with Gasteiger partial charge in [-0.05, 0) is 36.2 Å². The number of para-hydroxylation sites is 2. The first-order chi connectivity index (χ1) is 14.9. The Labute approximate surface area is 182 Å². The summed E-state index contributed by atoms with van der Waals surface area (Å²) in [5.74, 6) is 0.337. The monoisotopic (exact) mass is 442 g/mol. The zero-order valence-corrected chi connectivity index (χ0v) is 18.4. The third-order valence-corrected chi connectivity index (χ3v) is 5.93. The number of methoxy groups -OCH3 is 1. The van der Waals surface area contributed by atoms with Crippen LogP contribution in [0, 0.1) is 0 Å². The van der Waals surface area contributed by atoms with E-state index in [0.717, 1.165) is 17.5 Å². The molecule has 1 amide bonds. The smallest absolute Gasteiger partial charge is 0.232 e. The molecule has 0 radical (unpaired) electrons. The maximum Gasteiger partial charge on any atom is 0.232 e. The average Bonchev–Trinajstić information content (AvgIpc) is 3.30.